The number of nitriles is 1. The Kier molecular flexibility index (Phi) is 6.58. The lowest BCUT2D eigenvalue weighted by atomic mass is 10.0. The van der Waals surface area contributed by atoms with Crippen LogP contribution in [0.15, 0.2) is 78.9 Å². The zero-order valence-corrected chi connectivity index (χ0v) is 15.5. The van der Waals surface area contributed by atoms with Crippen LogP contribution in [0.25, 0.3) is 11.6 Å². The van der Waals surface area contributed by atoms with Crippen molar-refractivity contribution in [3.05, 3.63) is 100 Å². The number of hydrogen-bond donors (Lipinski definition) is 0. The lowest BCUT2D eigenvalue weighted by molar-refractivity contribution is -0.384. The Hall–Kier alpha value is -4.11. The van der Waals surface area contributed by atoms with Crippen LogP contribution in [-0.2, 0) is 0 Å². The molecule has 0 bridgehead atoms. The predicted molar refractivity (Wildman–Crippen MR) is 110 cm³/mol. The van der Waals surface area contributed by atoms with Gasteiger partial charge in [-0.25, -0.2) is 0 Å². The Morgan fingerprint density at radius 2 is 1.48 bits per heavy atom. The number of hydrogen-bond acceptors (Lipinski definition) is 5. The van der Waals surface area contributed by atoms with Crippen molar-refractivity contribution in [3.8, 4) is 17.6 Å². The van der Waals surface area contributed by atoms with Gasteiger partial charge in [0.15, 0.2) is 0 Å². The maximum Gasteiger partial charge on any atom is 0.269 e. The Morgan fingerprint density at radius 3 is 2.03 bits per heavy atom. The molecule has 3 aromatic carbocycles. The molecule has 6 heteroatoms. The molecule has 0 amide bonds. The fraction of sp³-hybridized carbons (Fsp3) is 0.0870. The smallest absolute Gasteiger partial charge is 0.269 e. The molecule has 0 aliphatic rings. The molecule has 0 heterocycles. The van der Waals surface area contributed by atoms with Crippen molar-refractivity contribution in [2.45, 2.75) is 0 Å². The van der Waals surface area contributed by atoms with E-state index in [0.29, 0.717) is 30.1 Å². The van der Waals surface area contributed by atoms with Crippen molar-refractivity contribution in [1.82, 2.24) is 0 Å². The van der Waals surface area contributed by atoms with Gasteiger partial charge in [-0.2, -0.15) is 5.26 Å². The van der Waals surface area contributed by atoms with E-state index in [1.807, 2.05) is 54.6 Å². The highest BCUT2D eigenvalue weighted by Gasteiger charge is 2.07. The molecule has 29 heavy (non-hydrogen) atoms. The maximum atomic E-state index is 10.7. The van der Waals surface area contributed by atoms with Crippen molar-refractivity contribution < 1.29 is 14.4 Å². The first-order valence-electron chi connectivity index (χ1n) is 8.93. The van der Waals surface area contributed by atoms with Gasteiger partial charge in [-0.15, -0.1) is 0 Å². The molecule has 0 saturated carbocycles. The van der Waals surface area contributed by atoms with Crippen molar-refractivity contribution in [2.24, 2.45) is 0 Å². The molecule has 0 aromatic heterocycles. The highest BCUT2D eigenvalue weighted by atomic mass is 16.6. The molecular weight excluding hydrogens is 368 g/mol. The molecule has 0 N–H and O–H groups in total. The molecule has 0 spiro atoms. The van der Waals surface area contributed by atoms with E-state index in [1.165, 1.54) is 12.1 Å². The van der Waals surface area contributed by atoms with E-state index in [1.54, 1.807) is 18.2 Å². The van der Waals surface area contributed by atoms with Gasteiger partial charge in [0.05, 0.1) is 16.6 Å². The van der Waals surface area contributed by atoms with Crippen molar-refractivity contribution in [2.75, 3.05) is 13.2 Å². The van der Waals surface area contributed by atoms with Gasteiger partial charge in [0.25, 0.3) is 5.69 Å². The summed E-state index contributed by atoms with van der Waals surface area (Å²) in [6.07, 6.45) is 1.73. The molecular formula is C23H18N2O4. The minimum Gasteiger partial charge on any atom is -0.490 e. The number of rotatable bonds is 8. The molecule has 0 atom stereocenters. The monoisotopic (exact) mass is 386 g/mol. The Balaban J connectivity index is 1.58. The largest absolute Gasteiger partial charge is 0.490 e. The first-order valence-corrected chi connectivity index (χ1v) is 8.93. The fourth-order valence-electron chi connectivity index (χ4n) is 2.61. The standard InChI is InChI=1S/C23H18N2O4/c24-17-20(19-8-10-21(11-9-19)25(26)27)16-18-6-12-23(13-7-18)29-15-14-28-22-4-2-1-3-5-22/h1-13,16H,14-15H2/b20-16+. The molecule has 0 fully saturated rings. The summed E-state index contributed by atoms with van der Waals surface area (Å²) in [5.41, 5.74) is 1.86. The number of nitro groups is 1. The van der Waals surface area contributed by atoms with E-state index < -0.39 is 4.92 Å². The van der Waals surface area contributed by atoms with Crippen molar-refractivity contribution in [3.63, 3.8) is 0 Å². The second kappa shape index (κ2) is 9.72. The number of allylic oxidation sites excluding steroid dienone is 1. The quantitative estimate of drug-likeness (QED) is 0.176. The summed E-state index contributed by atoms with van der Waals surface area (Å²) in [5.74, 6) is 1.50. The van der Waals surface area contributed by atoms with Crippen LogP contribution in [0.1, 0.15) is 11.1 Å². The van der Waals surface area contributed by atoms with Crippen LogP contribution in [-0.4, -0.2) is 18.1 Å². The minimum atomic E-state index is -0.469. The van der Waals surface area contributed by atoms with Gasteiger partial charge in [0.2, 0.25) is 0 Å². The summed E-state index contributed by atoms with van der Waals surface area (Å²) in [6.45, 7) is 0.848. The van der Waals surface area contributed by atoms with Crippen LogP contribution in [0.2, 0.25) is 0 Å². The second-order valence-corrected chi connectivity index (χ2v) is 6.05. The maximum absolute atomic E-state index is 10.7. The van der Waals surface area contributed by atoms with E-state index >= 15 is 0 Å². The topological polar surface area (TPSA) is 85.4 Å². The Labute approximate surface area is 168 Å². The molecule has 0 aliphatic carbocycles. The van der Waals surface area contributed by atoms with Gasteiger partial charge in [-0.3, -0.25) is 10.1 Å². The zero-order valence-electron chi connectivity index (χ0n) is 15.5. The molecule has 6 nitrogen and oxygen atoms in total. The Bertz CT molecular complexity index is 1020. The van der Waals surface area contributed by atoms with E-state index in [9.17, 15) is 15.4 Å². The van der Waals surface area contributed by atoms with E-state index in [4.69, 9.17) is 9.47 Å². The summed E-state index contributed by atoms with van der Waals surface area (Å²) in [6, 6.07) is 24.9. The predicted octanol–water partition coefficient (Wildman–Crippen LogP) is 5.12. The number of nitro benzene ring substituents is 1. The molecule has 144 valence electrons. The summed E-state index contributed by atoms with van der Waals surface area (Å²) in [5, 5.41) is 20.2. The van der Waals surface area contributed by atoms with E-state index in [0.717, 1.165) is 11.3 Å². The van der Waals surface area contributed by atoms with E-state index in [2.05, 4.69) is 6.07 Å². The molecule has 3 rings (SSSR count). The summed E-state index contributed by atoms with van der Waals surface area (Å²) in [7, 11) is 0. The number of para-hydroxylation sites is 1. The number of ether oxygens (including phenoxy) is 2. The zero-order chi connectivity index (χ0) is 20.5. The molecule has 0 saturated heterocycles. The van der Waals surface area contributed by atoms with Crippen molar-refractivity contribution >= 4 is 17.3 Å². The third-order valence-corrected chi connectivity index (χ3v) is 4.06. The lowest BCUT2D eigenvalue weighted by Gasteiger charge is -2.08. The third kappa shape index (κ3) is 5.68. The normalized spacial score (nSPS) is 10.8. The SMILES string of the molecule is N#C/C(=C\c1ccc(OCCOc2ccccc2)cc1)c1ccc([N+](=O)[O-])cc1. The fourth-order valence-corrected chi connectivity index (χ4v) is 2.61. The number of nitrogens with zero attached hydrogens (tertiary/aromatic N) is 2. The number of benzene rings is 3. The van der Waals surface area contributed by atoms with Gasteiger partial charge < -0.3 is 9.47 Å². The van der Waals surface area contributed by atoms with Crippen LogP contribution in [0.4, 0.5) is 5.69 Å². The van der Waals surface area contributed by atoms with Crippen LogP contribution in [0.5, 0.6) is 11.5 Å². The van der Waals surface area contributed by atoms with Crippen LogP contribution < -0.4 is 9.47 Å². The molecule has 0 aliphatic heterocycles. The summed E-state index contributed by atoms with van der Waals surface area (Å²) < 4.78 is 11.2. The van der Waals surface area contributed by atoms with Gasteiger partial charge in [0, 0.05) is 12.1 Å². The van der Waals surface area contributed by atoms with Crippen LogP contribution in [0, 0.1) is 21.4 Å². The summed E-state index contributed by atoms with van der Waals surface area (Å²) >= 11 is 0. The summed E-state index contributed by atoms with van der Waals surface area (Å²) in [4.78, 5) is 10.3. The molecule has 0 unspecified atom stereocenters. The lowest BCUT2D eigenvalue weighted by Crippen LogP contribution is -2.08. The minimum absolute atomic E-state index is 0.0104. The van der Waals surface area contributed by atoms with Gasteiger partial charge in [-0.05, 0) is 53.6 Å². The van der Waals surface area contributed by atoms with E-state index in [-0.39, 0.29) is 5.69 Å². The van der Waals surface area contributed by atoms with Gasteiger partial charge in [-0.1, -0.05) is 30.3 Å². The highest BCUT2D eigenvalue weighted by molar-refractivity contribution is 5.89. The van der Waals surface area contributed by atoms with Gasteiger partial charge >= 0.3 is 0 Å². The molecule has 0 radical (unpaired) electrons. The third-order valence-electron chi connectivity index (χ3n) is 4.06. The van der Waals surface area contributed by atoms with Crippen LogP contribution >= 0.6 is 0 Å². The van der Waals surface area contributed by atoms with Crippen molar-refractivity contribution in [1.29, 1.82) is 5.26 Å². The first kappa shape index (κ1) is 19.6. The highest BCUT2D eigenvalue weighted by Crippen LogP contribution is 2.22. The van der Waals surface area contributed by atoms with Crippen LogP contribution in [0.3, 0.4) is 0 Å². The average molecular weight is 386 g/mol. The second-order valence-electron chi connectivity index (χ2n) is 6.05. The van der Waals surface area contributed by atoms with Gasteiger partial charge in [0.1, 0.15) is 24.7 Å². The first-order chi connectivity index (χ1) is 14.2. The average Bonchev–Trinajstić information content (AvgIpc) is 2.77. The molecule has 3 aromatic rings. The Morgan fingerprint density at radius 1 is 0.897 bits per heavy atom. The number of non-ortho nitro benzene ring substituents is 1.